The summed E-state index contributed by atoms with van der Waals surface area (Å²) >= 11 is 0. The van der Waals surface area contributed by atoms with Crippen LogP contribution in [0.2, 0.25) is 0 Å². The maximum absolute atomic E-state index is 15.0. The van der Waals surface area contributed by atoms with Crippen LogP contribution in [0, 0.1) is 0 Å². The number of aromatic nitrogens is 3. The average molecular weight is 1120 g/mol. The summed E-state index contributed by atoms with van der Waals surface area (Å²) in [5, 5.41) is 47.2. The van der Waals surface area contributed by atoms with Crippen LogP contribution in [0.5, 0.6) is 11.5 Å². The number of nitrogens with zero attached hydrogens (tertiary/aromatic N) is 4. The van der Waals surface area contributed by atoms with Crippen LogP contribution in [0.1, 0.15) is 67.8 Å². The topological polar surface area (TPSA) is 446 Å². The molecule has 81 heavy (non-hydrogen) atoms. The van der Waals surface area contributed by atoms with Gasteiger partial charge in [0.05, 0.1) is 6.33 Å². The SMILES string of the molecule is CC(=O)N[C@@H](CCCN=C(N)N)C(=O)N[C@@H](Cc1cnc[nH]1)C(=O)N[C@@H](Cc1ccc(O)cc1)C(=O)N1CCC[C@H]1C(=O)N[C@@H](Cc1ccc(O)cc1)C(=O)N[C@@H](Cc1c[nH]c2ccccc12)C(=O)N[C@@H](CCCN=C(N)N)C(=O)O. The Morgan fingerprint density at radius 2 is 1.16 bits per heavy atom. The second-order valence-corrected chi connectivity index (χ2v) is 19.6. The number of phenols is 2. The molecule has 432 valence electrons. The Kier molecular flexibility index (Phi) is 21.9. The maximum atomic E-state index is 15.0. The summed E-state index contributed by atoms with van der Waals surface area (Å²) in [6, 6.07) is 9.71. The summed E-state index contributed by atoms with van der Waals surface area (Å²) in [6.45, 7) is 1.52. The molecule has 0 spiro atoms. The zero-order valence-corrected chi connectivity index (χ0v) is 44.6. The Bertz CT molecular complexity index is 3030. The molecule has 5 aromatic rings. The molecule has 1 aliphatic rings. The van der Waals surface area contributed by atoms with Crippen molar-refractivity contribution in [1.29, 1.82) is 0 Å². The highest BCUT2D eigenvalue weighted by Gasteiger charge is 2.41. The number of aromatic hydroxyl groups is 2. The van der Waals surface area contributed by atoms with E-state index in [-0.39, 0.29) is 101 Å². The standard InChI is InChI=1S/C54H70N16O11/c1-30(71)64-39(9-4-20-60-53(55)56)46(74)67-43(26-34-28-59-29-63-34)49(77)69-44(24-32-14-18-36(73)19-15-32)51(79)70-22-6-11-45(70)50(78)68-41(23-31-12-16-35(72)17-13-31)47(75)66-42(25-33-27-62-38-8-3-2-7-37(33)38)48(76)65-40(52(80)81)10-5-21-61-54(57)58/h2-3,7-8,12-19,27-29,39-45,62,72-73H,4-6,9-11,20-26H2,1H3,(H,59,63)(H,64,71)(H,65,76)(H,66,75)(H,67,74)(H,68,78)(H,69,77)(H,80,81)(H4,55,56,60)(H4,57,58,61)/t39-,40-,41-,42-,43-,44-,45-/m0/s1. The molecule has 7 atom stereocenters. The lowest BCUT2D eigenvalue weighted by Crippen LogP contribution is -2.60. The van der Waals surface area contributed by atoms with Gasteiger partial charge in [0, 0.05) is 81.2 Å². The van der Waals surface area contributed by atoms with Crippen LogP contribution < -0.4 is 54.8 Å². The quantitative estimate of drug-likeness (QED) is 0.0150. The molecule has 0 saturated carbocycles. The number of amides is 7. The fourth-order valence-corrected chi connectivity index (χ4v) is 9.34. The van der Waals surface area contributed by atoms with Gasteiger partial charge in [-0.15, -0.1) is 0 Å². The van der Waals surface area contributed by atoms with E-state index in [9.17, 15) is 48.9 Å². The molecule has 27 heteroatoms. The van der Waals surface area contributed by atoms with Crippen molar-refractivity contribution in [2.75, 3.05) is 19.6 Å². The Labute approximate surface area is 465 Å². The first-order valence-corrected chi connectivity index (χ1v) is 26.3. The fourth-order valence-electron chi connectivity index (χ4n) is 9.34. The van der Waals surface area contributed by atoms with Gasteiger partial charge in [-0.3, -0.25) is 43.5 Å². The Hall–Kier alpha value is -9.69. The van der Waals surface area contributed by atoms with E-state index in [1.165, 1.54) is 60.7 Å². The zero-order valence-electron chi connectivity index (χ0n) is 44.6. The molecule has 1 saturated heterocycles. The Balaban J connectivity index is 1.27. The lowest BCUT2D eigenvalue weighted by atomic mass is 10.0. The van der Waals surface area contributed by atoms with Crippen LogP contribution in [0.25, 0.3) is 10.9 Å². The number of aliphatic imine (C=N–C) groups is 2. The molecule has 1 aliphatic heterocycles. The summed E-state index contributed by atoms with van der Waals surface area (Å²) in [7, 11) is 0. The van der Waals surface area contributed by atoms with E-state index in [4.69, 9.17) is 22.9 Å². The number of nitrogens with one attached hydrogen (secondary N) is 8. The van der Waals surface area contributed by atoms with E-state index in [2.05, 4.69) is 56.8 Å². The van der Waals surface area contributed by atoms with Gasteiger partial charge in [0.2, 0.25) is 41.4 Å². The summed E-state index contributed by atoms with van der Waals surface area (Å²) < 4.78 is 0. The number of hydrogen-bond acceptors (Lipinski definition) is 13. The molecular weight excluding hydrogens is 1050 g/mol. The molecule has 7 amide bonds. The summed E-state index contributed by atoms with van der Waals surface area (Å²) in [5.74, 6) is -7.01. The maximum Gasteiger partial charge on any atom is 0.326 e. The van der Waals surface area contributed by atoms with Gasteiger partial charge >= 0.3 is 5.97 Å². The highest BCUT2D eigenvalue weighted by molar-refractivity contribution is 5.98. The van der Waals surface area contributed by atoms with Crippen molar-refractivity contribution in [3.63, 3.8) is 0 Å². The molecule has 0 radical (unpaired) electrons. The highest BCUT2D eigenvalue weighted by atomic mass is 16.4. The predicted octanol–water partition coefficient (Wildman–Crippen LogP) is -1.32. The first-order chi connectivity index (χ1) is 38.7. The second-order valence-electron chi connectivity index (χ2n) is 19.6. The van der Waals surface area contributed by atoms with Crippen molar-refractivity contribution in [3.05, 3.63) is 114 Å². The first-order valence-electron chi connectivity index (χ1n) is 26.3. The second kappa shape index (κ2) is 29.3. The van der Waals surface area contributed by atoms with Crippen molar-refractivity contribution in [2.45, 2.75) is 113 Å². The number of guanidine groups is 2. The number of phenolic OH excluding ortho intramolecular Hbond substituents is 2. The van der Waals surface area contributed by atoms with Crippen LogP contribution in [0.4, 0.5) is 0 Å². The molecular formula is C54H70N16O11. The monoisotopic (exact) mass is 1120 g/mol. The number of imidazole rings is 1. The van der Waals surface area contributed by atoms with Crippen LogP contribution >= 0.6 is 0 Å². The van der Waals surface area contributed by atoms with E-state index in [0.29, 0.717) is 28.8 Å². The third-order valence-corrected chi connectivity index (χ3v) is 13.4. The minimum Gasteiger partial charge on any atom is -0.508 e. The largest absolute Gasteiger partial charge is 0.508 e. The van der Waals surface area contributed by atoms with Gasteiger partial charge in [-0.25, -0.2) is 9.78 Å². The van der Waals surface area contributed by atoms with Crippen LogP contribution in [0.15, 0.2) is 102 Å². The molecule has 27 nitrogen and oxygen atoms in total. The van der Waals surface area contributed by atoms with E-state index in [1.54, 1.807) is 24.4 Å². The van der Waals surface area contributed by atoms with Gasteiger partial charge < -0.3 is 85.0 Å². The number of para-hydroxylation sites is 1. The number of carboxylic acids is 1. The number of rotatable bonds is 29. The highest BCUT2D eigenvalue weighted by Crippen LogP contribution is 2.23. The normalized spacial score (nSPS) is 15.1. The first kappa shape index (κ1) is 60.5. The van der Waals surface area contributed by atoms with Crippen LogP contribution in [0.3, 0.4) is 0 Å². The Morgan fingerprint density at radius 1 is 0.642 bits per heavy atom. The van der Waals surface area contributed by atoms with Crippen LogP contribution in [-0.4, -0.2) is 156 Å². The summed E-state index contributed by atoms with van der Waals surface area (Å²) in [4.78, 5) is 131. The predicted molar refractivity (Wildman–Crippen MR) is 297 cm³/mol. The lowest BCUT2D eigenvalue weighted by molar-refractivity contribution is -0.143. The summed E-state index contributed by atoms with van der Waals surface area (Å²) in [6.07, 6.45) is 4.87. The minimum atomic E-state index is -1.43. The molecule has 19 N–H and O–H groups in total. The van der Waals surface area contributed by atoms with Gasteiger partial charge in [0.25, 0.3) is 0 Å². The molecule has 1 fully saturated rings. The van der Waals surface area contributed by atoms with Gasteiger partial charge in [0.1, 0.15) is 53.8 Å². The number of H-pyrrole nitrogens is 2. The number of carboxylic acid groups (broad SMARTS) is 1. The van der Waals surface area contributed by atoms with Crippen molar-refractivity contribution >= 4 is 70.1 Å². The van der Waals surface area contributed by atoms with Crippen molar-refractivity contribution < 1.29 is 53.7 Å². The molecule has 3 heterocycles. The number of aliphatic carboxylic acids is 1. The van der Waals surface area contributed by atoms with Gasteiger partial charge in [-0.2, -0.15) is 0 Å². The van der Waals surface area contributed by atoms with Crippen molar-refractivity contribution in [3.8, 4) is 11.5 Å². The van der Waals surface area contributed by atoms with E-state index >= 15 is 4.79 Å². The van der Waals surface area contributed by atoms with Gasteiger partial charge in [0.15, 0.2) is 11.9 Å². The number of nitrogens with two attached hydrogens (primary N) is 4. The van der Waals surface area contributed by atoms with Crippen molar-refractivity contribution in [1.82, 2.24) is 51.8 Å². The van der Waals surface area contributed by atoms with Crippen LogP contribution in [-0.2, 0) is 64.0 Å². The number of carbonyl (C=O) groups is 8. The molecule has 3 aromatic carbocycles. The number of aromatic amines is 2. The number of fused-ring (bicyclic) bond motifs is 1. The third-order valence-electron chi connectivity index (χ3n) is 13.4. The van der Waals surface area contributed by atoms with E-state index < -0.39 is 89.6 Å². The number of likely N-dealkylation sites (tertiary alicyclic amines) is 1. The van der Waals surface area contributed by atoms with E-state index in [1.807, 2.05) is 18.2 Å². The number of benzene rings is 3. The zero-order chi connectivity index (χ0) is 58.6. The molecule has 0 aliphatic carbocycles. The fraction of sp³-hybridized carbons (Fsp3) is 0.389. The van der Waals surface area contributed by atoms with Gasteiger partial charge in [-0.05, 0) is 85.5 Å². The molecule has 0 unspecified atom stereocenters. The molecule has 2 aromatic heterocycles. The molecule has 0 bridgehead atoms. The number of carbonyl (C=O) groups excluding carboxylic acids is 7. The van der Waals surface area contributed by atoms with Gasteiger partial charge in [-0.1, -0.05) is 42.5 Å². The number of hydrogen-bond donors (Lipinski definition) is 15. The smallest absolute Gasteiger partial charge is 0.326 e. The van der Waals surface area contributed by atoms with E-state index in [0.717, 1.165) is 10.9 Å². The minimum absolute atomic E-state index is 0.0455. The Morgan fingerprint density at radius 3 is 1.72 bits per heavy atom. The molecule has 6 rings (SSSR count). The van der Waals surface area contributed by atoms with Crippen molar-refractivity contribution in [2.24, 2.45) is 32.9 Å². The third kappa shape index (κ3) is 18.5. The average Bonchev–Trinajstić information content (AvgIpc) is 4.46. The summed E-state index contributed by atoms with van der Waals surface area (Å²) in [5.41, 5.74) is 24.5. The lowest BCUT2D eigenvalue weighted by Gasteiger charge is -2.31.